The fourth-order valence-electron chi connectivity index (χ4n) is 2.75. The average Bonchev–Trinajstić information content (AvgIpc) is 3.33. The van der Waals surface area contributed by atoms with Gasteiger partial charge in [-0.15, -0.1) is 11.3 Å². The first-order valence-corrected chi connectivity index (χ1v) is 10.2. The molecular weight excluding hydrogens is 404 g/mol. The van der Waals surface area contributed by atoms with Crippen molar-refractivity contribution in [2.75, 3.05) is 6.61 Å². The highest BCUT2D eigenvalue weighted by Crippen LogP contribution is 2.20. The summed E-state index contributed by atoms with van der Waals surface area (Å²) in [4.78, 5) is 36.2. The second-order valence-electron chi connectivity index (χ2n) is 7.06. The van der Waals surface area contributed by atoms with E-state index in [2.05, 4.69) is 29.3 Å². The van der Waals surface area contributed by atoms with E-state index in [0.717, 1.165) is 23.5 Å². The maximum Gasteiger partial charge on any atom is 0.349 e. The van der Waals surface area contributed by atoms with E-state index >= 15 is 0 Å². The zero-order valence-corrected chi connectivity index (χ0v) is 18.1. The molecule has 30 heavy (non-hydrogen) atoms. The highest BCUT2D eigenvalue weighted by molar-refractivity contribution is 7.12. The van der Waals surface area contributed by atoms with Gasteiger partial charge in [0.2, 0.25) is 0 Å². The fraction of sp³-hybridized carbons (Fsp3) is 0.333. The van der Waals surface area contributed by atoms with Crippen molar-refractivity contribution in [2.24, 2.45) is 5.92 Å². The molecule has 0 aliphatic carbocycles. The Morgan fingerprint density at radius 1 is 1.30 bits per heavy atom. The number of ether oxygens (including phenoxy) is 1. The van der Waals surface area contributed by atoms with Crippen molar-refractivity contribution in [3.63, 3.8) is 0 Å². The first kappa shape index (κ1) is 22.9. The van der Waals surface area contributed by atoms with Crippen LogP contribution < -0.4 is 10.9 Å². The van der Waals surface area contributed by atoms with Crippen LogP contribution in [0.25, 0.3) is 6.08 Å². The molecule has 0 radical (unpaired) electrons. The van der Waals surface area contributed by atoms with Crippen LogP contribution in [0.15, 0.2) is 29.2 Å². The van der Waals surface area contributed by atoms with Gasteiger partial charge in [-0.3, -0.25) is 20.4 Å². The molecule has 0 aliphatic heterocycles. The van der Waals surface area contributed by atoms with Crippen molar-refractivity contribution in [1.29, 1.82) is 5.26 Å². The fourth-order valence-corrected chi connectivity index (χ4v) is 3.37. The Morgan fingerprint density at radius 2 is 2.03 bits per heavy atom. The lowest BCUT2D eigenvalue weighted by molar-refractivity contribution is -0.144. The molecular formula is C21H24N4O4S. The van der Waals surface area contributed by atoms with Crippen molar-refractivity contribution in [2.45, 2.75) is 34.2 Å². The minimum atomic E-state index is -0.911. The number of hydrogen-bond acceptors (Lipinski definition) is 6. The minimum Gasteiger partial charge on any atom is -0.451 e. The Bertz CT molecular complexity index is 997. The molecule has 0 saturated carbocycles. The monoisotopic (exact) mass is 428 g/mol. The molecule has 8 nitrogen and oxygen atoms in total. The molecule has 2 aromatic rings. The maximum absolute atomic E-state index is 12.2. The van der Waals surface area contributed by atoms with Crippen LogP contribution in [-0.4, -0.2) is 29.0 Å². The number of hydrazine groups is 1. The molecule has 0 aromatic carbocycles. The van der Waals surface area contributed by atoms with Gasteiger partial charge in [0.25, 0.3) is 11.8 Å². The number of rotatable bonds is 7. The van der Waals surface area contributed by atoms with Crippen LogP contribution in [0.5, 0.6) is 0 Å². The molecule has 158 valence electrons. The van der Waals surface area contributed by atoms with Gasteiger partial charge < -0.3 is 9.30 Å². The van der Waals surface area contributed by atoms with E-state index in [1.165, 1.54) is 17.4 Å². The molecule has 2 aromatic heterocycles. The predicted molar refractivity (Wildman–Crippen MR) is 113 cm³/mol. The molecule has 2 rings (SSSR count). The van der Waals surface area contributed by atoms with Gasteiger partial charge in [0.15, 0.2) is 6.61 Å². The number of aryl methyl sites for hydroxylation is 1. The molecule has 0 fully saturated rings. The van der Waals surface area contributed by atoms with Gasteiger partial charge >= 0.3 is 5.97 Å². The van der Waals surface area contributed by atoms with Gasteiger partial charge in [-0.25, -0.2) is 4.79 Å². The number of nitriles is 1. The van der Waals surface area contributed by atoms with E-state index in [0.29, 0.717) is 10.8 Å². The summed E-state index contributed by atoms with van der Waals surface area (Å²) in [5.41, 5.74) is 6.88. The molecule has 9 heteroatoms. The number of carbonyl (C=O) groups is 3. The Kier molecular flexibility index (Phi) is 7.95. The normalized spacial score (nSPS) is 11.1. The quantitative estimate of drug-likeness (QED) is 0.305. The summed E-state index contributed by atoms with van der Waals surface area (Å²) in [6.07, 6.45) is 1.46. The zero-order chi connectivity index (χ0) is 22.3. The Hall–Kier alpha value is -3.38. The molecule has 0 saturated heterocycles. The van der Waals surface area contributed by atoms with E-state index < -0.39 is 24.4 Å². The van der Waals surface area contributed by atoms with Crippen LogP contribution in [0.3, 0.4) is 0 Å². The first-order valence-electron chi connectivity index (χ1n) is 9.31. The van der Waals surface area contributed by atoms with Crippen LogP contribution in [0.2, 0.25) is 0 Å². The number of carbonyl (C=O) groups excluding carboxylic acids is 3. The van der Waals surface area contributed by atoms with Crippen LogP contribution >= 0.6 is 11.3 Å². The van der Waals surface area contributed by atoms with E-state index in [9.17, 15) is 19.6 Å². The lowest BCUT2D eigenvalue weighted by Gasteiger charge is -2.12. The number of aromatic nitrogens is 1. The molecule has 0 aliphatic rings. The predicted octanol–water partition coefficient (Wildman–Crippen LogP) is 2.73. The van der Waals surface area contributed by atoms with Crippen molar-refractivity contribution in [1.82, 2.24) is 15.4 Å². The molecule has 0 atom stereocenters. The molecule has 2 amide bonds. The highest BCUT2D eigenvalue weighted by atomic mass is 32.1. The summed E-state index contributed by atoms with van der Waals surface area (Å²) >= 11 is 1.22. The second-order valence-corrected chi connectivity index (χ2v) is 8.00. The summed E-state index contributed by atoms with van der Waals surface area (Å²) in [6, 6.07) is 7.03. The van der Waals surface area contributed by atoms with Crippen LogP contribution in [0.4, 0.5) is 0 Å². The SMILES string of the molecule is Cc1cc(/C=C(\C#N)C(=O)OCC(=O)NNC(=O)c2cccs2)c(C)n1CC(C)C. The molecule has 2 N–H and O–H groups in total. The number of esters is 1. The number of nitrogens with zero attached hydrogens (tertiary/aromatic N) is 2. The maximum atomic E-state index is 12.2. The third kappa shape index (κ3) is 6.06. The Morgan fingerprint density at radius 3 is 2.63 bits per heavy atom. The molecule has 0 spiro atoms. The van der Waals surface area contributed by atoms with Gasteiger partial charge in [0, 0.05) is 17.9 Å². The van der Waals surface area contributed by atoms with Gasteiger partial charge in [-0.1, -0.05) is 19.9 Å². The summed E-state index contributed by atoms with van der Waals surface area (Å²) in [5, 5.41) is 11.1. The molecule has 2 heterocycles. The van der Waals surface area contributed by atoms with Gasteiger partial charge in [-0.05, 0) is 48.9 Å². The number of hydrogen-bond donors (Lipinski definition) is 2. The topological polar surface area (TPSA) is 113 Å². The molecule has 0 bridgehead atoms. The van der Waals surface area contributed by atoms with E-state index in [1.54, 1.807) is 17.5 Å². The van der Waals surface area contributed by atoms with Crippen molar-refractivity contribution in [3.05, 3.63) is 51.0 Å². The lowest BCUT2D eigenvalue weighted by Crippen LogP contribution is -2.43. The van der Waals surface area contributed by atoms with Crippen molar-refractivity contribution in [3.8, 4) is 6.07 Å². The van der Waals surface area contributed by atoms with Gasteiger partial charge in [0.05, 0.1) is 4.88 Å². The summed E-state index contributed by atoms with van der Waals surface area (Å²) in [6.45, 7) is 8.31. The summed E-state index contributed by atoms with van der Waals surface area (Å²) in [7, 11) is 0. The smallest absolute Gasteiger partial charge is 0.349 e. The van der Waals surface area contributed by atoms with E-state index in [4.69, 9.17) is 4.74 Å². The lowest BCUT2D eigenvalue weighted by atomic mass is 10.1. The van der Waals surface area contributed by atoms with Crippen LogP contribution in [0, 0.1) is 31.1 Å². The molecule has 0 unspecified atom stereocenters. The van der Waals surface area contributed by atoms with Crippen LogP contribution in [-0.2, 0) is 20.9 Å². The summed E-state index contributed by atoms with van der Waals surface area (Å²) in [5.74, 6) is -1.66. The van der Waals surface area contributed by atoms with Crippen molar-refractivity contribution >= 4 is 35.2 Å². The number of amides is 2. The van der Waals surface area contributed by atoms with E-state index in [-0.39, 0.29) is 5.57 Å². The minimum absolute atomic E-state index is 0.213. The van der Waals surface area contributed by atoms with Crippen molar-refractivity contribution < 1.29 is 19.1 Å². The van der Waals surface area contributed by atoms with Gasteiger partial charge in [-0.2, -0.15) is 5.26 Å². The van der Waals surface area contributed by atoms with E-state index in [1.807, 2.05) is 26.0 Å². The first-order chi connectivity index (χ1) is 14.2. The standard InChI is InChI=1S/C21H24N4O4S/c1-13(2)11-25-14(3)8-16(15(25)4)9-17(10-22)21(28)29-12-19(26)23-24-20(27)18-6-5-7-30-18/h5-9,13H,11-12H2,1-4H3,(H,23,26)(H,24,27)/b17-9+. The third-order valence-electron chi connectivity index (χ3n) is 4.20. The summed E-state index contributed by atoms with van der Waals surface area (Å²) < 4.78 is 7.02. The number of thiophene rings is 1. The highest BCUT2D eigenvalue weighted by Gasteiger charge is 2.16. The second kappa shape index (κ2) is 10.4. The Labute approximate surface area is 179 Å². The average molecular weight is 429 g/mol. The zero-order valence-electron chi connectivity index (χ0n) is 17.3. The number of nitrogens with one attached hydrogen (secondary N) is 2. The third-order valence-corrected chi connectivity index (χ3v) is 5.06. The largest absolute Gasteiger partial charge is 0.451 e. The van der Waals surface area contributed by atoms with Gasteiger partial charge in [0.1, 0.15) is 11.6 Å². The van der Waals surface area contributed by atoms with Crippen LogP contribution in [0.1, 0.15) is 40.5 Å². The Balaban J connectivity index is 1.95.